The molecule has 2 N–H and O–H groups in total. The molecule has 0 radical (unpaired) electrons. The maximum Gasteiger partial charge on any atom is 0.195 e. The number of ketones is 1. The SMILES string of the molecule is Cc1cccc(C(=O)c2ccc(F)c(Br)c2)c1N. The number of benzene rings is 2. The van der Waals surface area contributed by atoms with E-state index in [1.807, 2.05) is 13.0 Å². The van der Waals surface area contributed by atoms with Crippen molar-refractivity contribution < 1.29 is 9.18 Å². The molecule has 2 rings (SSSR count). The summed E-state index contributed by atoms with van der Waals surface area (Å²) in [6.07, 6.45) is 0. The predicted molar refractivity (Wildman–Crippen MR) is 73.1 cm³/mol. The van der Waals surface area contributed by atoms with Crippen LogP contribution in [-0.2, 0) is 0 Å². The second-order valence-electron chi connectivity index (χ2n) is 3.99. The van der Waals surface area contributed by atoms with Gasteiger partial charge < -0.3 is 5.73 Å². The molecular weight excluding hydrogens is 297 g/mol. The fraction of sp³-hybridized carbons (Fsp3) is 0.0714. The van der Waals surface area contributed by atoms with Gasteiger partial charge in [0, 0.05) is 16.8 Å². The van der Waals surface area contributed by atoms with Crippen LogP contribution in [0.2, 0.25) is 0 Å². The molecule has 0 aliphatic heterocycles. The lowest BCUT2D eigenvalue weighted by molar-refractivity contribution is 0.103. The maximum absolute atomic E-state index is 13.1. The molecule has 0 amide bonds. The average molecular weight is 308 g/mol. The predicted octanol–water partition coefficient (Wildman–Crippen LogP) is 3.71. The smallest absolute Gasteiger partial charge is 0.195 e. The molecule has 0 aliphatic rings. The van der Waals surface area contributed by atoms with E-state index in [0.29, 0.717) is 16.8 Å². The molecule has 0 fully saturated rings. The monoisotopic (exact) mass is 307 g/mol. The van der Waals surface area contributed by atoms with Crippen LogP contribution in [0.25, 0.3) is 0 Å². The highest BCUT2D eigenvalue weighted by Gasteiger charge is 2.14. The van der Waals surface area contributed by atoms with E-state index in [2.05, 4.69) is 15.9 Å². The molecule has 0 aliphatic carbocycles. The normalized spacial score (nSPS) is 10.4. The van der Waals surface area contributed by atoms with Gasteiger partial charge in [0.1, 0.15) is 5.82 Å². The quantitative estimate of drug-likeness (QED) is 0.679. The van der Waals surface area contributed by atoms with Crippen molar-refractivity contribution in [2.45, 2.75) is 6.92 Å². The number of hydrogen-bond acceptors (Lipinski definition) is 2. The number of carbonyl (C=O) groups excluding carboxylic acids is 1. The summed E-state index contributed by atoms with van der Waals surface area (Å²) < 4.78 is 13.4. The first-order chi connectivity index (χ1) is 8.50. The van der Waals surface area contributed by atoms with E-state index < -0.39 is 5.82 Å². The lowest BCUT2D eigenvalue weighted by Crippen LogP contribution is -2.06. The largest absolute Gasteiger partial charge is 0.398 e. The second-order valence-corrected chi connectivity index (χ2v) is 4.85. The van der Waals surface area contributed by atoms with Crippen molar-refractivity contribution in [1.82, 2.24) is 0 Å². The van der Waals surface area contributed by atoms with E-state index in [-0.39, 0.29) is 10.3 Å². The number of rotatable bonds is 2. The minimum Gasteiger partial charge on any atom is -0.398 e. The van der Waals surface area contributed by atoms with Crippen LogP contribution < -0.4 is 5.73 Å². The van der Waals surface area contributed by atoms with Crippen LogP contribution >= 0.6 is 15.9 Å². The van der Waals surface area contributed by atoms with Crippen LogP contribution in [0.5, 0.6) is 0 Å². The molecule has 4 heteroatoms. The van der Waals surface area contributed by atoms with Crippen LogP contribution in [0, 0.1) is 12.7 Å². The van der Waals surface area contributed by atoms with Crippen LogP contribution in [-0.4, -0.2) is 5.78 Å². The molecule has 0 heterocycles. The molecule has 0 saturated heterocycles. The summed E-state index contributed by atoms with van der Waals surface area (Å²) in [5.41, 5.74) is 8.03. The van der Waals surface area contributed by atoms with Gasteiger partial charge >= 0.3 is 0 Å². The van der Waals surface area contributed by atoms with Gasteiger partial charge in [-0.3, -0.25) is 4.79 Å². The van der Waals surface area contributed by atoms with Gasteiger partial charge in [-0.15, -0.1) is 0 Å². The summed E-state index contributed by atoms with van der Waals surface area (Å²) in [6, 6.07) is 9.44. The number of aryl methyl sites for hydroxylation is 1. The summed E-state index contributed by atoms with van der Waals surface area (Å²) in [5, 5.41) is 0. The Balaban J connectivity index is 2.48. The van der Waals surface area contributed by atoms with E-state index in [4.69, 9.17) is 5.73 Å². The zero-order valence-electron chi connectivity index (χ0n) is 9.71. The molecule has 2 nitrogen and oxygen atoms in total. The fourth-order valence-electron chi connectivity index (χ4n) is 1.67. The minimum absolute atomic E-state index is 0.211. The summed E-state index contributed by atoms with van der Waals surface area (Å²) >= 11 is 3.06. The Kier molecular flexibility index (Phi) is 3.48. The lowest BCUT2D eigenvalue weighted by atomic mass is 9.99. The Bertz CT molecular complexity index is 625. The molecule has 2 aromatic rings. The molecule has 0 atom stereocenters. The molecule has 0 unspecified atom stereocenters. The first kappa shape index (κ1) is 12.8. The van der Waals surface area contributed by atoms with Crippen molar-refractivity contribution in [3.8, 4) is 0 Å². The molecule has 0 saturated carbocycles. The first-order valence-electron chi connectivity index (χ1n) is 5.35. The number of nitrogens with two attached hydrogens (primary N) is 1. The summed E-state index contributed by atoms with van der Waals surface area (Å²) in [4.78, 5) is 12.3. The molecule has 0 bridgehead atoms. The third-order valence-electron chi connectivity index (χ3n) is 2.75. The highest BCUT2D eigenvalue weighted by atomic mass is 79.9. The van der Waals surface area contributed by atoms with Crippen LogP contribution in [0.15, 0.2) is 40.9 Å². The number of hydrogen-bond donors (Lipinski definition) is 1. The topological polar surface area (TPSA) is 43.1 Å². The van der Waals surface area contributed by atoms with Crippen LogP contribution in [0.4, 0.5) is 10.1 Å². The van der Waals surface area contributed by atoms with Crippen molar-refractivity contribution >= 4 is 27.4 Å². The van der Waals surface area contributed by atoms with Gasteiger partial charge in [-0.05, 0) is 52.7 Å². The van der Waals surface area contributed by atoms with Crippen molar-refractivity contribution in [2.24, 2.45) is 0 Å². The number of nitrogen functional groups attached to an aromatic ring is 1. The first-order valence-corrected chi connectivity index (χ1v) is 6.15. The Morgan fingerprint density at radius 2 is 2.00 bits per heavy atom. The number of anilines is 1. The molecule has 18 heavy (non-hydrogen) atoms. The minimum atomic E-state index is -0.399. The number of halogens is 2. The van der Waals surface area contributed by atoms with E-state index >= 15 is 0 Å². The van der Waals surface area contributed by atoms with E-state index in [9.17, 15) is 9.18 Å². The maximum atomic E-state index is 13.1. The van der Waals surface area contributed by atoms with Gasteiger partial charge in [0.25, 0.3) is 0 Å². The van der Waals surface area contributed by atoms with Crippen LogP contribution in [0.1, 0.15) is 21.5 Å². The Labute approximate surface area is 113 Å². The highest BCUT2D eigenvalue weighted by Crippen LogP contribution is 2.23. The highest BCUT2D eigenvalue weighted by molar-refractivity contribution is 9.10. The van der Waals surface area contributed by atoms with Gasteiger partial charge in [0.15, 0.2) is 5.78 Å². The Hall–Kier alpha value is -1.68. The third-order valence-corrected chi connectivity index (χ3v) is 3.36. The third kappa shape index (κ3) is 2.29. The molecule has 0 spiro atoms. The molecule has 2 aromatic carbocycles. The van der Waals surface area contributed by atoms with Crippen molar-refractivity contribution in [3.63, 3.8) is 0 Å². The van der Waals surface area contributed by atoms with E-state index in [1.54, 1.807) is 12.1 Å². The van der Waals surface area contributed by atoms with Crippen molar-refractivity contribution in [2.75, 3.05) is 5.73 Å². The molecular formula is C14H11BrFNO. The van der Waals surface area contributed by atoms with E-state index in [1.165, 1.54) is 18.2 Å². The summed E-state index contributed by atoms with van der Waals surface area (Å²) in [6.45, 7) is 1.84. The fourth-order valence-corrected chi connectivity index (χ4v) is 2.05. The zero-order valence-corrected chi connectivity index (χ0v) is 11.3. The summed E-state index contributed by atoms with van der Waals surface area (Å²) in [5.74, 6) is -0.610. The standard InChI is InChI=1S/C14H11BrFNO/c1-8-3-2-4-10(13(8)17)14(18)9-5-6-12(16)11(15)7-9/h2-7H,17H2,1H3. The van der Waals surface area contributed by atoms with Crippen molar-refractivity contribution in [3.05, 3.63) is 63.4 Å². The van der Waals surface area contributed by atoms with Gasteiger partial charge in [0.2, 0.25) is 0 Å². The van der Waals surface area contributed by atoms with Gasteiger partial charge in [0.05, 0.1) is 4.47 Å². The lowest BCUT2D eigenvalue weighted by Gasteiger charge is -2.07. The summed E-state index contributed by atoms with van der Waals surface area (Å²) in [7, 11) is 0. The van der Waals surface area contributed by atoms with Gasteiger partial charge in [-0.1, -0.05) is 12.1 Å². The van der Waals surface area contributed by atoms with Gasteiger partial charge in [-0.25, -0.2) is 4.39 Å². The number of carbonyl (C=O) groups is 1. The Morgan fingerprint density at radius 1 is 1.28 bits per heavy atom. The zero-order chi connectivity index (χ0) is 13.3. The average Bonchev–Trinajstić information content (AvgIpc) is 2.35. The van der Waals surface area contributed by atoms with Crippen molar-refractivity contribution in [1.29, 1.82) is 0 Å². The Morgan fingerprint density at radius 3 is 2.67 bits per heavy atom. The van der Waals surface area contributed by atoms with Crippen LogP contribution in [0.3, 0.4) is 0 Å². The molecule has 0 aromatic heterocycles. The van der Waals surface area contributed by atoms with E-state index in [0.717, 1.165) is 5.56 Å². The van der Waals surface area contributed by atoms with Gasteiger partial charge in [-0.2, -0.15) is 0 Å². The number of para-hydroxylation sites is 1. The molecule has 92 valence electrons. The second kappa shape index (κ2) is 4.90.